The van der Waals surface area contributed by atoms with Gasteiger partial charge in [-0.2, -0.15) is 0 Å². The lowest BCUT2D eigenvalue weighted by Gasteiger charge is -2.13. The standard InChI is InChI=1S/C12H18N4/c1-7-9(3)15(11(5)13-7)16-10(4)8(2)14-12(16)6/h1-6H3. The number of aryl methyl sites for hydroxylation is 4. The van der Waals surface area contributed by atoms with Gasteiger partial charge in [-0.1, -0.05) is 0 Å². The molecule has 4 heteroatoms. The number of rotatable bonds is 1. The number of imidazole rings is 2. The van der Waals surface area contributed by atoms with Crippen LogP contribution in [0, 0.1) is 41.5 Å². The van der Waals surface area contributed by atoms with Crippen molar-refractivity contribution in [1.29, 1.82) is 0 Å². The fourth-order valence-electron chi connectivity index (χ4n) is 2.12. The molecule has 0 amide bonds. The molecule has 2 aromatic heterocycles. The van der Waals surface area contributed by atoms with Crippen LogP contribution in [0.4, 0.5) is 0 Å². The Bertz CT molecular complexity index is 496. The van der Waals surface area contributed by atoms with Crippen LogP contribution >= 0.6 is 0 Å². The maximum atomic E-state index is 4.49. The molecule has 0 aromatic carbocycles. The highest BCUT2D eigenvalue weighted by atomic mass is 15.5. The van der Waals surface area contributed by atoms with Gasteiger partial charge in [-0.3, -0.25) is 0 Å². The van der Waals surface area contributed by atoms with Crippen molar-refractivity contribution < 1.29 is 0 Å². The van der Waals surface area contributed by atoms with Gasteiger partial charge >= 0.3 is 0 Å². The summed E-state index contributed by atoms with van der Waals surface area (Å²) >= 11 is 0. The first-order chi connectivity index (χ1) is 7.43. The molecule has 4 nitrogen and oxygen atoms in total. The van der Waals surface area contributed by atoms with Crippen LogP contribution in [0.25, 0.3) is 0 Å². The van der Waals surface area contributed by atoms with Crippen molar-refractivity contribution >= 4 is 0 Å². The Morgan fingerprint density at radius 2 is 0.938 bits per heavy atom. The Labute approximate surface area is 95.9 Å². The topological polar surface area (TPSA) is 35.6 Å². The molecule has 0 aliphatic heterocycles. The molecule has 86 valence electrons. The van der Waals surface area contributed by atoms with E-state index in [1.165, 1.54) is 11.4 Å². The van der Waals surface area contributed by atoms with Crippen molar-refractivity contribution in [2.75, 3.05) is 0 Å². The number of hydrogen-bond donors (Lipinski definition) is 0. The minimum atomic E-state index is 0.999. The normalized spacial score (nSPS) is 11.1. The van der Waals surface area contributed by atoms with E-state index >= 15 is 0 Å². The lowest BCUT2D eigenvalue weighted by molar-refractivity contribution is 0.582. The van der Waals surface area contributed by atoms with Crippen molar-refractivity contribution in [1.82, 2.24) is 19.3 Å². The zero-order valence-corrected chi connectivity index (χ0v) is 10.8. The van der Waals surface area contributed by atoms with Crippen LogP contribution in [0.1, 0.15) is 34.4 Å². The van der Waals surface area contributed by atoms with Crippen LogP contribution in [0.15, 0.2) is 0 Å². The Kier molecular flexibility index (Phi) is 2.37. The van der Waals surface area contributed by atoms with Gasteiger partial charge < -0.3 is 0 Å². The van der Waals surface area contributed by atoms with E-state index in [4.69, 9.17) is 0 Å². The van der Waals surface area contributed by atoms with E-state index in [-0.39, 0.29) is 0 Å². The largest absolute Gasteiger partial charge is 0.237 e. The molecule has 16 heavy (non-hydrogen) atoms. The van der Waals surface area contributed by atoms with Gasteiger partial charge in [0.15, 0.2) is 0 Å². The SMILES string of the molecule is Cc1nc(C)n(-n2c(C)nc(C)c2C)c1C. The van der Waals surface area contributed by atoms with E-state index < -0.39 is 0 Å². The summed E-state index contributed by atoms with van der Waals surface area (Å²) in [6.45, 7) is 12.3. The molecule has 0 N–H and O–H groups in total. The predicted molar refractivity (Wildman–Crippen MR) is 63.7 cm³/mol. The fraction of sp³-hybridized carbons (Fsp3) is 0.500. The maximum Gasteiger partial charge on any atom is 0.125 e. The summed E-state index contributed by atoms with van der Waals surface area (Å²) in [6, 6.07) is 0. The third-order valence-corrected chi connectivity index (χ3v) is 3.15. The highest BCUT2D eigenvalue weighted by Gasteiger charge is 2.14. The third kappa shape index (κ3) is 1.37. The van der Waals surface area contributed by atoms with Gasteiger partial charge in [-0.15, -0.1) is 0 Å². The van der Waals surface area contributed by atoms with Crippen molar-refractivity contribution in [2.45, 2.75) is 41.5 Å². The zero-order valence-electron chi connectivity index (χ0n) is 10.8. The van der Waals surface area contributed by atoms with Crippen LogP contribution < -0.4 is 0 Å². The minimum absolute atomic E-state index is 0.999. The molecular weight excluding hydrogens is 200 g/mol. The zero-order chi connectivity index (χ0) is 12.0. The molecule has 0 radical (unpaired) electrons. The Morgan fingerprint density at radius 1 is 0.625 bits per heavy atom. The first kappa shape index (κ1) is 10.9. The van der Waals surface area contributed by atoms with Crippen LogP contribution in [-0.2, 0) is 0 Å². The monoisotopic (exact) mass is 218 g/mol. The molecule has 2 aromatic rings. The van der Waals surface area contributed by atoms with Gasteiger partial charge in [0.25, 0.3) is 0 Å². The van der Waals surface area contributed by atoms with Crippen LogP contribution in [0.3, 0.4) is 0 Å². The molecule has 2 rings (SSSR count). The van der Waals surface area contributed by atoms with Crippen molar-refractivity contribution in [3.63, 3.8) is 0 Å². The smallest absolute Gasteiger partial charge is 0.125 e. The molecule has 0 bridgehead atoms. The second-order valence-electron chi connectivity index (χ2n) is 4.28. The Balaban J connectivity index is 2.76. The lowest BCUT2D eigenvalue weighted by atomic mass is 10.4. The third-order valence-electron chi connectivity index (χ3n) is 3.15. The predicted octanol–water partition coefficient (Wildman–Crippen LogP) is 2.24. The summed E-state index contributed by atoms with van der Waals surface area (Å²) in [7, 11) is 0. The van der Waals surface area contributed by atoms with E-state index in [2.05, 4.69) is 33.2 Å². The van der Waals surface area contributed by atoms with E-state index in [9.17, 15) is 0 Å². The summed E-state index contributed by atoms with van der Waals surface area (Å²) in [4.78, 5) is 8.99. The van der Waals surface area contributed by atoms with Gasteiger partial charge in [0.1, 0.15) is 11.6 Å². The average molecular weight is 218 g/mol. The van der Waals surface area contributed by atoms with Crippen LogP contribution in [-0.4, -0.2) is 19.3 Å². The molecule has 0 fully saturated rings. The van der Waals surface area contributed by atoms with Crippen LogP contribution in [0.5, 0.6) is 0 Å². The summed E-state index contributed by atoms with van der Waals surface area (Å²) in [5, 5.41) is 0. The Hall–Kier alpha value is -1.58. The molecule has 0 aliphatic rings. The first-order valence-electron chi connectivity index (χ1n) is 5.49. The number of hydrogen-bond acceptors (Lipinski definition) is 2. The molecular formula is C12H18N4. The quantitative estimate of drug-likeness (QED) is 0.736. The highest BCUT2D eigenvalue weighted by Crippen LogP contribution is 2.16. The van der Waals surface area contributed by atoms with Gasteiger partial charge in [0.05, 0.1) is 22.8 Å². The fourth-order valence-corrected chi connectivity index (χ4v) is 2.12. The number of nitrogens with zero attached hydrogens (tertiary/aromatic N) is 4. The summed E-state index contributed by atoms with van der Waals surface area (Å²) < 4.78 is 4.25. The average Bonchev–Trinajstić information content (AvgIpc) is 2.57. The molecule has 0 saturated carbocycles. The highest BCUT2D eigenvalue weighted by molar-refractivity contribution is 5.20. The van der Waals surface area contributed by atoms with Crippen molar-refractivity contribution in [3.05, 3.63) is 34.4 Å². The van der Waals surface area contributed by atoms with Gasteiger partial charge in [-0.25, -0.2) is 19.3 Å². The lowest BCUT2D eigenvalue weighted by Crippen LogP contribution is -2.16. The van der Waals surface area contributed by atoms with Crippen molar-refractivity contribution in [2.24, 2.45) is 0 Å². The molecule has 0 spiro atoms. The second-order valence-corrected chi connectivity index (χ2v) is 4.28. The Morgan fingerprint density at radius 3 is 1.12 bits per heavy atom. The number of aromatic nitrogens is 4. The molecule has 0 unspecified atom stereocenters. The molecule has 2 heterocycles. The van der Waals surface area contributed by atoms with E-state index in [1.807, 2.05) is 27.7 Å². The molecule has 0 aliphatic carbocycles. The first-order valence-corrected chi connectivity index (χ1v) is 5.49. The second kappa shape index (κ2) is 3.47. The van der Waals surface area contributed by atoms with E-state index in [0.29, 0.717) is 0 Å². The van der Waals surface area contributed by atoms with Gasteiger partial charge in [-0.05, 0) is 41.5 Å². The summed E-state index contributed by atoms with van der Waals surface area (Å²) in [6.07, 6.45) is 0. The summed E-state index contributed by atoms with van der Waals surface area (Å²) in [5.74, 6) is 2.00. The van der Waals surface area contributed by atoms with Gasteiger partial charge in [0, 0.05) is 0 Å². The van der Waals surface area contributed by atoms with Crippen LogP contribution in [0.2, 0.25) is 0 Å². The molecule has 0 saturated heterocycles. The van der Waals surface area contributed by atoms with Gasteiger partial charge in [0.2, 0.25) is 0 Å². The van der Waals surface area contributed by atoms with E-state index in [1.54, 1.807) is 0 Å². The maximum absolute atomic E-state index is 4.49. The minimum Gasteiger partial charge on any atom is -0.237 e. The molecule has 0 atom stereocenters. The van der Waals surface area contributed by atoms with Crippen molar-refractivity contribution in [3.8, 4) is 0 Å². The van der Waals surface area contributed by atoms with E-state index in [0.717, 1.165) is 23.0 Å². The summed E-state index contributed by atoms with van der Waals surface area (Å²) in [5.41, 5.74) is 4.48.